The van der Waals surface area contributed by atoms with Crippen LogP contribution in [0.4, 0.5) is 0 Å². The van der Waals surface area contributed by atoms with Crippen LogP contribution in [0, 0.1) is 0 Å². The summed E-state index contributed by atoms with van der Waals surface area (Å²) in [6.07, 6.45) is 49.8. The number of aliphatic carboxylic acids is 3. The molecule has 0 aliphatic heterocycles. The molecule has 0 aromatic carbocycles. The standard InChI is InChI=1S/3C24H44O6.Al/c3*1-4-5-6-7-8-9-10-11-12-13-14-15-16-17-18-19-22(25)29-21(3)24(28)30-20(2)23(26)27;/h3*20-21H,4-19H2,1-3H3,(H,26,27);/q;;;+3/p-3. The van der Waals surface area contributed by atoms with E-state index in [1.54, 1.807) is 0 Å². The number of rotatable bonds is 60. The van der Waals surface area contributed by atoms with Crippen molar-refractivity contribution in [2.24, 2.45) is 0 Å². The van der Waals surface area contributed by atoms with Gasteiger partial charge in [0.25, 0.3) is 0 Å². The second kappa shape index (κ2) is 68.6. The molecule has 0 heterocycles. The van der Waals surface area contributed by atoms with E-state index in [0.29, 0.717) is 0 Å². The maximum absolute atomic E-state index is 11.8. The minimum absolute atomic E-state index is 0. The summed E-state index contributed by atoms with van der Waals surface area (Å²) in [4.78, 5) is 102. The van der Waals surface area contributed by atoms with E-state index in [1.807, 2.05) is 0 Å². The van der Waals surface area contributed by atoms with Crippen LogP contribution < -0.4 is 15.3 Å². The Bertz CT molecular complexity index is 1600. The van der Waals surface area contributed by atoms with Crippen LogP contribution >= 0.6 is 0 Å². The van der Waals surface area contributed by atoms with E-state index in [4.69, 9.17) is 14.2 Å². The number of hydrogen-bond acceptors (Lipinski definition) is 18. The summed E-state index contributed by atoms with van der Waals surface area (Å²) < 4.78 is 28.8. The zero-order valence-corrected chi connectivity index (χ0v) is 60.0. The zero-order chi connectivity index (χ0) is 67.8. The molecule has 0 aromatic heterocycles. The number of hydrogen-bond donors (Lipinski definition) is 0. The Morgan fingerprint density at radius 3 is 0.484 bits per heavy atom. The van der Waals surface area contributed by atoms with Crippen LogP contribution in [0.15, 0.2) is 0 Å². The topological polar surface area (TPSA) is 278 Å². The second-order valence-electron chi connectivity index (χ2n) is 24.7. The molecule has 6 atom stereocenters. The molecule has 0 aromatic rings. The normalized spacial score (nSPS) is 12.8. The number of unbranched alkanes of at least 4 members (excludes halogenated alkanes) is 42. The second-order valence-corrected chi connectivity index (χ2v) is 24.7. The summed E-state index contributed by atoms with van der Waals surface area (Å²) in [6.45, 7) is 14.4. The Morgan fingerprint density at radius 1 is 0.220 bits per heavy atom. The van der Waals surface area contributed by atoms with Gasteiger partial charge in [0.15, 0.2) is 18.3 Å². The Morgan fingerprint density at radius 2 is 0.352 bits per heavy atom. The number of carbonyl (C=O) groups is 9. The van der Waals surface area contributed by atoms with Crippen molar-refractivity contribution >= 4 is 71.1 Å². The molecule has 0 radical (unpaired) electrons. The molecule has 0 N–H and O–H groups in total. The van der Waals surface area contributed by atoms with E-state index in [0.717, 1.165) is 57.8 Å². The van der Waals surface area contributed by atoms with E-state index in [2.05, 4.69) is 35.0 Å². The van der Waals surface area contributed by atoms with Crippen LogP contribution in [0.5, 0.6) is 0 Å². The smallest absolute Gasteiger partial charge is 0.546 e. The Balaban J connectivity index is -0.000000620. The van der Waals surface area contributed by atoms with Crippen molar-refractivity contribution in [2.45, 2.75) is 407 Å². The fourth-order valence-electron chi connectivity index (χ4n) is 9.79. The summed E-state index contributed by atoms with van der Waals surface area (Å²) in [6, 6.07) is 0. The van der Waals surface area contributed by atoms with Gasteiger partial charge in [-0.15, -0.1) is 0 Å². The number of carboxylic acid groups (broad SMARTS) is 3. The van der Waals surface area contributed by atoms with Crippen LogP contribution in [-0.4, -0.2) is 108 Å². The van der Waals surface area contributed by atoms with Crippen molar-refractivity contribution in [3.05, 3.63) is 0 Å². The van der Waals surface area contributed by atoms with E-state index in [-0.39, 0.29) is 36.6 Å². The predicted octanol–water partition coefficient (Wildman–Crippen LogP) is 14.2. The Labute approximate surface area is 562 Å². The molecule has 0 amide bonds. The average Bonchev–Trinajstić information content (AvgIpc) is 3.63. The molecule has 0 fully saturated rings. The van der Waals surface area contributed by atoms with Crippen molar-refractivity contribution < 1.29 is 86.9 Å². The molecular formula is C72H129AlO18. The van der Waals surface area contributed by atoms with E-state index >= 15 is 0 Å². The van der Waals surface area contributed by atoms with E-state index < -0.39 is 90.3 Å². The maximum atomic E-state index is 11.8. The first kappa shape index (κ1) is 93.2. The molecule has 18 nitrogen and oxygen atoms in total. The Hall–Kier alpha value is -4.24. The van der Waals surface area contributed by atoms with Gasteiger partial charge in [0, 0.05) is 19.3 Å². The number of carbonyl (C=O) groups excluding carboxylic acids is 9. The van der Waals surface area contributed by atoms with Gasteiger partial charge in [-0.1, -0.05) is 290 Å². The van der Waals surface area contributed by atoms with Gasteiger partial charge in [0.05, 0.1) is 17.9 Å². The fraction of sp³-hybridized carbons (Fsp3) is 0.875. The van der Waals surface area contributed by atoms with Gasteiger partial charge < -0.3 is 58.1 Å². The predicted molar refractivity (Wildman–Crippen MR) is 353 cm³/mol. The summed E-state index contributed by atoms with van der Waals surface area (Å²) in [5, 5.41) is 31.7. The molecule has 0 aliphatic rings. The molecule has 19 heteroatoms. The van der Waals surface area contributed by atoms with Gasteiger partial charge in [-0.2, -0.15) is 0 Å². The van der Waals surface area contributed by atoms with Crippen LogP contribution in [-0.2, 0) is 71.6 Å². The Kier molecular flexibility index (Phi) is 70.3. The maximum Gasteiger partial charge on any atom is 3.00 e. The third-order valence-corrected chi connectivity index (χ3v) is 15.7. The van der Waals surface area contributed by atoms with Crippen LogP contribution in [0.25, 0.3) is 0 Å². The van der Waals surface area contributed by atoms with Gasteiger partial charge in [-0.05, 0) is 60.8 Å². The first-order chi connectivity index (χ1) is 43.1. The molecule has 0 spiro atoms. The molecule has 6 unspecified atom stereocenters. The molecule has 0 bridgehead atoms. The van der Waals surface area contributed by atoms with Crippen molar-refractivity contribution in [1.29, 1.82) is 0 Å². The number of esters is 6. The molecular weight excluding hydrogens is 1180 g/mol. The van der Waals surface area contributed by atoms with Crippen LogP contribution in [0.2, 0.25) is 0 Å². The van der Waals surface area contributed by atoms with E-state index in [1.165, 1.54) is 273 Å². The third-order valence-electron chi connectivity index (χ3n) is 15.7. The van der Waals surface area contributed by atoms with Gasteiger partial charge in [0.1, 0.15) is 18.3 Å². The quantitative estimate of drug-likeness (QED) is 0.0237. The van der Waals surface area contributed by atoms with Gasteiger partial charge in [-0.25, -0.2) is 14.4 Å². The van der Waals surface area contributed by atoms with Gasteiger partial charge in [0.2, 0.25) is 0 Å². The van der Waals surface area contributed by atoms with E-state index in [9.17, 15) is 58.5 Å². The summed E-state index contributed by atoms with van der Waals surface area (Å²) >= 11 is 0. The van der Waals surface area contributed by atoms with Crippen LogP contribution in [0.3, 0.4) is 0 Å². The van der Waals surface area contributed by atoms with Gasteiger partial charge in [-0.3, -0.25) is 14.4 Å². The number of carboxylic acids is 3. The number of ether oxygens (including phenoxy) is 6. The average molecular weight is 1310 g/mol. The molecule has 0 aliphatic carbocycles. The van der Waals surface area contributed by atoms with Crippen molar-refractivity contribution in [2.75, 3.05) is 0 Å². The summed E-state index contributed by atoms with van der Waals surface area (Å²) in [7, 11) is 0. The molecule has 0 saturated carbocycles. The van der Waals surface area contributed by atoms with Crippen LogP contribution in [0.1, 0.15) is 371 Å². The minimum Gasteiger partial charge on any atom is -0.546 e. The zero-order valence-electron chi connectivity index (χ0n) is 58.8. The fourth-order valence-corrected chi connectivity index (χ4v) is 9.79. The molecule has 0 rings (SSSR count). The van der Waals surface area contributed by atoms with Crippen molar-refractivity contribution in [3.63, 3.8) is 0 Å². The molecule has 91 heavy (non-hydrogen) atoms. The van der Waals surface area contributed by atoms with Gasteiger partial charge >= 0.3 is 53.2 Å². The van der Waals surface area contributed by atoms with Crippen molar-refractivity contribution in [1.82, 2.24) is 0 Å². The van der Waals surface area contributed by atoms with Crippen molar-refractivity contribution in [3.8, 4) is 0 Å². The first-order valence-corrected chi connectivity index (χ1v) is 36.0. The molecule has 528 valence electrons. The first-order valence-electron chi connectivity index (χ1n) is 36.0. The monoisotopic (exact) mass is 1310 g/mol. The largest absolute Gasteiger partial charge is 3.00 e. The third kappa shape index (κ3) is 67.0. The summed E-state index contributed by atoms with van der Waals surface area (Å²) in [5.74, 6) is -8.48. The SMILES string of the molecule is CCCCCCCCCCCCCCCCCC(=O)OC(C)C(=O)OC(C)C(=O)[O-].CCCCCCCCCCCCCCCCCC(=O)OC(C)C(=O)OC(C)C(=O)[O-].CCCCCCCCCCCCCCCCCC(=O)OC(C)C(=O)OC(C)C(=O)[O-].[Al+3]. The molecule has 0 saturated heterocycles. The summed E-state index contributed by atoms with van der Waals surface area (Å²) in [5.41, 5.74) is 0. The minimum atomic E-state index is -1.49.